The highest BCUT2D eigenvalue weighted by Crippen LogP contribution is 2.31. The van der Waals surface area contributed by atoms with Crippen molar-refractivity contribution >= 4 is 16.5 Å². The first-order valence-electron chi connectivity index (χ1n) is 4.91. The summed E-state index contributed by atoms with van der Waals surface area (Å²) in [6, 6.07) is 0. The Hall–Kier alpha value is -1.43. The fourth-order valence-corrected chi connectivity index (χ4v) is 2.77. The molecule has 0 atom stereocenters. The number of nitrogen functional groups attached to an aromatic ring is 1. The van der Waals surface area contributed by atoms with Crippen LogP contribution in [0.1, 0.15) is 17.9 Å². The number of hydrogen-bond acceptors (Lipinski definition) is 5. The number of aryl methyl sites for hydroxylation is 2. The summed E-state index contributed by atoms with van der Waals surface area (Å²) in [5, 5.41) is 8.98. The Labute approximate surface area is 91.0 Å². The van der Waals surface area contributed by atoms with Crippen molar-refractivity contribution < 1.29 is 0 Å². The Morgan fingerprint density at radius 2 is 2.27 bits per heavy atom. The molecule has 5 nitrogen and oxygen atoms in total. The molecule has 15 heavy (non-hydrogen) atoms. The van der Waals surface area contributed by atoms with E-state index >= 15 is 0 Å². The minimum Gasteiger partial charge on any atom is -0.375 e. The van der Waals surface area contributed by atoms with Gasteiger partial charge < -0.3 is 10.3 Å². The van der Waals surface area contributed by atoms with Crippen LogP contribution in [-0.2, 0) is 13.0 Å². The normalized spacial score (nSPS) is 14.5. The number of nitrogens with zero attached hydrogens (tertiary/aromatic N) is 4. The van der Waals surface area contributed by atoms with Gasteiger partial charge in [-0.25, -0.2) is 4.98 Å². The average molecular weight is 221 g/mol. The molecule has 0 saturated carbocycles. The lowest BCUT2D eigenvalue weighted by molar-refractivity contribution is 0.749. The Balaban J connectivity index is 2.16. The predicted octanol–water partition coefficient (Wildman–Crippen LogP) is 1.24. The third-order valence-corrected chi connectivity index (χ3v) is 3.61. The summed E-state index contributed by atoms with van der Waals surface area (Å²) in [5.41, 5.74) is 6.62. The van der Waals surface area contributed by atoms with Crippen LogP contribution in [0, 0.1) is 6.92 Å². The molecule has 0 radical (unpaired) electrons. The zero-order valence-corrected chi connectivity index (χ0v) is 9.21. The Bertz CT molecular complexity index is 513. The summed E-state index contributed by atoms with van der Waals surface area (Å²) in [6.07, 6.45) is 2.19. The number of hydrogen-bond donors (Lipinski definition) is 1. The summed E-state index contributed by atoms with van der Waals surface area (Å²) in [4.78, 5) is 5.26. The van der Waals surface area contributed by atoms with Crippen molar-refractivity contribution in [2.45, 2.75) is 26.3 Å². The van der Waals surface area contributed by atoms with Gasteiger partial charge >= 0.3 is 0 Å². The minimum atomic E-state index is 0.595. The molecule has 0 unspecified atom stereocenters. The molecule has 0 aromatic carbocycles. The van der Waals surface area contributed by atoms with Gasteiger partial charge in [0, 0.05) is 13.0 Å². The van der Waals surface area contributed by atoms with Crippen LogP contribution >= 0.6 is 11.3 Å². The predicted molar refractivity (Wildman–Crippen MR) is 58.6 cm³/mol. The molecule has 1 aliphatic rings. The third kappa shape index (κ3) is 1.25. The number of anilines is 1. The standard InChI is InChI=1S/C9H11N5S/c1-5-7(15-9(10)11-5)8-13-12-6-3-2-4-14(6)8/h2-4H2,1H3,(H2,10,11). The molecule has 78 valence electrons. The highest BCUT2D eigenvalue weighted by atomic mass is 32.1. The van der Waals surface area contributed by atoms with Crippen LogP contribution in [0.5, 0.6) is 0 Å². The van der Waals surface area contributed by atoms with Gasteiger partial charge in [0.05, 0.1) is 10.6 Å². The van der Waals surface area contributed by atoms with E-state index in [0.717, 1.165) is 41.6 Å². The van der Waals surface area contributed by atoms with E-state index in [2.05, 4.69) is 19.7 Å². The van der Waals surface area contributed by atoms with E-state index in [4.69, 9.17) is 5.73 Å². The lowest BCUT2D eigenvalue weighted by Gasteiger charge is -1.99. The Morgan fingerprint density at radius 1 is 1.40 bits per heavy atom. The van der Waals surface area contributed by atoms with Crippen molar-refractivity contribution in [3.05, 3.63) is 11.5 Å². The van der Waals surface area contributed by atoms with Gasteiger partial charge in [0.2, 0.25) is 0 Å². The van der Waals surface area contributed by atoms with Crippen LogP contribution in [0.15, 0.2) is 0 Å². The summed E-state index contributed by atoms with van der Waals surface area (Å²) >= 11 is 1.48. The van der Waals surface area contributed by atoms with Gasteiger partial charge in [-0.1, -0.05) is 11.3 Å². The first kappa shape index (κ1) is 8.84. The van der Waals surface area contributed by atoms with Crippen LogP contribution < -0.4 is 5.73 Å². The largest absolute Gasteiger partial charge is 0.375 e. The van der Waals surface area contributed by atoms with E-state index in [1.165, 1.54) is 11.3 Å². The molecule has 1 aliphatic heterocycles. The van der Waals surface area contributed by atoms with Gasteiger partial charge in [-0.3, -0.25) is 0 Å². The summed E-state index contributed by atoms with van der Waals surface area (Å²) in [6.45, 7) is 2.97. The SMILES string of the molecule is Cc1nc(N)sc1-c1nnc2n1CCC2. The molecular weight excluding hydrogens is 210 g/mol. The zero-order chi connectivity index (χ0) is 10.4. The molecule has 0 bridgehead atoms. The fourth-order valence-electron chi connectivity index (χ4n) is 1.94. The molecule has 2 N–H and O–H groups in total. The van der Waals surface area contributed by atoms with E-state index in [-0.39, 0.29) is 0 Å². The van der Waals surface area contributed by atoms with E-state index in [0.29, 0.717) is 5.13 Å². The van der Waals surface area contributed by atoms with Gasteiger partial charge in [-0.2, -0.15) is 0 Å². The second-order valence-corrected chi connectivity index (χ2v) is 4.69. The Kier molecular flexibility index (Phi) is 1.79. The maximum absolute atomic E-state index is 5.68. The average Bonchev–Trinajstić information content (AvgIpc) is 2.80. The van der Waals surface area contributed by atoms with Crippen LogP contribution in [-0.4, -0.2) is 19.7 Å². The van der Waals surface area contributed by atoms with Gasteiger partial charge in [-0.05, 0) is 13.3 Å². The number of fused-ring (bicyclic) bond motifs is 1. The third-order valence-electron chi connectivity index (χ3n) is 2.63. The molecule has 0 saturated heterocycles. The van der Waals surface area contributed by atoms with Crippen molar-refractivity contribution in [3.8, 4) is 10.7 Å². The first-order chi connectivity index (χ1) is 7.25. The molecule has 2 aromatic rings. The molecule has 2 aromatic heterocycles. The number of nitrogens with two attached hydrogens (primary N) is 1. The van der Waals surface area contributed by atoms with Gasteiger partial charge in [0.25, 0.3) is 0 Å². The molecule has 6 heteroatoms. The van der Waals surface area contributed by atoms with Crippen molar-refractivity contribution in [2.75, 3.05) is 5.73 Å². The quantitative estimate of drug-likeness (QED) is 0.786. The minimum absolute atomic E-state index is 0.595. The Morgan fingerprint density at radius 3 is 3.00 bits per heavy atom. The van der Waals surface area contributed by atoms with Crippen LogP contribution in [0.4, 0.5) is 5.13 Å². The van der Waals surface area contributed by atoms with E-state index < -0.39 is 0 Å². The second kappa shape index (κ2) is 3.03. The van der Waals surface area contributed by atoms with Crippen molar-refractivity contribution in [3.63, 3.8) is 0 Å². The molecule has 3 heterocycles. The maximum atomic E-state index is 5.68. The van der Waals surface area contributed by atoms with Crippen LogP contribution in [0.2, 0.25) is 0 Å². The van der Waals surface area contributed by atoms with Crippen molar-refractivity contribution in [1.29, 1.82) is 0 Å². The van der Waals surface area contributed by atoms with Crippen molar-refractivity contribution in [1.82, 2.24) is 19.7 Å². The molecule has 3 rings (SSSR count). The summed E-state index contributed by atoms with van der Waals surface area (Å²) in [7, 11) is 0. The van der Waals surface area contributed by atoms with E-state index in [1.807, 2.05) is 6.92 Å². The number of aromatic nitrogens is 4. The van der Waals surface area contributed by atoms with E-state index in [9.17, 15) is 0 Å². The van der Waals surface area contributed by atoms with E-state index in [1.54, 1.807) is 0 Å². The number of thiazole rings is 1. The highest BCUT2D eigenvalue weighted by Gasteiger charge is 2.21. The lowest BCUT2D eigenvalue weighted by Crippen LogP contribution is -1.95. The van der Waals surface area contributed by atoms with Gasteiger partial charge in [-0.15, -0.1) is 10.2 Å². The molecule has 0 aliphatic carbocycles. The second-order valence-electron chi connectivity index (χ2n) is 3.66. The molecule has 0 fully saturated rings. The molecular formula is C9H11N5S. The monoisotopic (exact) mass is 221 g/mol. The zero-order valence-electron chi connectivity index (χ0n) is 8.40. The summed E-state index contributed by atoms with van der Waals surface area (Å²) < 4.78 is 2.17. The maximum Gasteiger partial charge on any atom is 0.180 e. The smallest absolute Gasteiger partial charge is 0.180 e. The van der Waals surface area contributed by atoms with Gasteiger partial charge in [0.1, 0.15) is 5.82 Å². The van der Waals surface area contributed by atoms with Gasteiger partial charge in [0.15, 0.2) is 11.0 Å². The van der Waals surface area contributed by atoms with Crippen LogP contribution in [0.25, 0.3) is 10.7 Å². The highest BCUT2D eigenvalue weighted by molar-refractivity contribution is 7.18. The lowest BCUT2D eigenvalue weighted by atomic mass is 10.3. The molecule has 0 spiro atoms. The fraction of sp³-hybridized carbons (Fsp3) is 0.444. The first-order valence-corrected chi connectivity index (χ1v) is 5.72. The summed E-state index contributed by atoms with van der Waals surface area (Å²) in [5.74, 6) is 2.01. The molecule has 0 amide bonds. The van der Waals surface area contributed by atoms with Crippen molar-refractivity contribution in [2.24, 2.45) is 0 Å². The number of rotatable bonds is 1. The topological polar surface area (TPSA) is 69.6 Å². The van der Waals surface area contributed by atoms with Crippen LogP contribution in [0.3, 0.4) is 0 Å².